The molecule has 2 heterocycles. The van der Waals surface area contributed by atoms with E-state index in [2.05, 4.69) is 76.1 Å². The Hall–Kier alpha value is -2.62. The zero-order chi connectivity index (χ0) is 17.3. The number of hydrogen-bond acceptors (Lipinski definition) is 4. The van der Waals surface area contributed by atoms with Gasteiger partial charge in [-0.2, -0.15) is 0 Å². The van der Waals surface area contributed by atoms with Crippen molar-refractivity contribution in [2.24, 2.45) is 9.98 Å². The van der Waals surface area contributed by atoms with Crippen molar-refractivity contribution in [2.75, 3.05) is 26.2 Å². The number of aliphatic imine (C=N–C) groups is 2. The van der Waals surface area contributed by atoms with Crippen LogP contribution in [0.3, 0.4) is 0 Å². The van der Waals surface area contributed by atoms with Gasteiger partial charge in [-0.1, -0.05) is 67.6 Å². The lowest BCUT2D eigenvalue weighted by Crippen LogP contribution is -2.23. The van der Waals surface area contributed by atoms with Crippen LogP contribution >= 0.6 is 0 Å². The van der Waals surface area contributed by atoms with Crippen LogP contribution in [0, 0.1) is 0 Å². The largest absolute Gasteiger partial charge is 0.372 e. The normalized spacial score (nSPS) is 16.7. The van der Waals surface area contributed by atoms with Gasteiger partial charge >= 0.3 is 0 Å². The highest BCUT2D eigenvalue weighted by Gasteiger charge is 2.14. The first-order chi connectivity index (χ1) is 12.3. The fourth-order valence-corrected chi connectivity index (χ4v) is 2.96. The molecule has 4 nitrogen and oxygen atoms in total. The van der Waals surface area contributed by atoms with Crippen LogP contribution in [-0.2, 0) is 6.42 Å². The van der Waals surface area contributed by atoms with Crippen LogP contribution in [0.25, 0.3) is 0 Å². The molecule has 0 aliphatic carbocycles. The predicted octanol–water partition coefficient (Wildman–Crippen LogP) is 3.02. The molecular formula is C21H26N4. The van der Waals surface area contributed by atoms with E-state index in [-0.39, 0.29) is 0 Å². The zero-order valence-corrected chi connectivity index (χ0v) is 14.8. The summed E-state index contributed by atoms with van der Waals surface area (Å²) in [5, 5.41) is 6.56. The van der Waals surface area contributed by atoms with Gasteiger partial charge in [0.2, 0.25) is 0 Å². The van der Waals surface area contributed by atoms with Crippen molar-refractivity contribution in [1.29, 1.82) is 0 Å². The van der Waals surface area contributed by atoms with Crippen molar-refractivity contribution < 1.29 is 0 Å². The van der Waals surface area contributed by atoms with E-state index in [1.165, 1.54) is 11.1 Å². The molecule has 2 aliphatic rings. The second-order valence-corrected chi connectivity index (χ2v) is 6.24. The summed E-state index contributed by atoms with van der Waals surface area (Å²) >= 11 is 0. The van der Waals surface area contributed by atoms with Crippen LogP contribution in [0.15, 0.2) is 70.6 Å². The fourth-order valence-electron chi connectivity index (χ4n) is 2.96. The summed E-state index contributed by atoms with van der Waals surface area (Å²) in [6.45, 7) is 6.04. The quantitative estimate of drug-likeness (QED) is 0.903. The molecule has 0 saturated carbocycles. The summed E-state index contributed by atoms with van der Waals surface area (Å²) in [7, 11) is 0. The Bertz CT molecular complexity index is 707. The molecule has 2 N–H and O–H groups in total. The lowest BCUT2D eigenvalue weighted by molar-refractivity contribution is 0.919. The highest BCUT2D eigenvalue weighted by molar-refractivity contribution is 5.89. The standard InChI is InChI=1S/C11H14N2.C10H12N2/c1-9(11-12-7-8-13-11)10-5-3-2-4-6-10;1-2-4-9(5-3-1)8-10-11-6-7-12-10/h2-6,9H,7-8H2,1H3,(H,12,13);1-5H,6-8H2,(H,11,12). The Kier molecular flexibility index (Phi) is 6.21. The molecule has 0 spiro atoms. The van der Waals surface area contributed by atoms with Crippen LogP contribution in [-0.4, -0.2) is 37.9 Å². The van der Waals surface area contributed by atoms with Gasteiger partial charge in [0.1, 0.15) is 11.7 Å². The summed E-state index contributed by atoms with van der Waals surface area (Å²) in [5.41, 5.74) is 2.65. The van der Waals surface area contributed by atoms with Crippen LogP contribution < -0.4 is 10.6 Å². The van der Waals surface area contributed by atoms with Crippen LogP contribution in [0.4, 0.5) is 0 Å². The molecule has 1 unspecified atom stereocenters. The van der Waals surface area contributed by atoms with E-state index in [1.54, 1.807) is 0 Å². The molecule has 4 rings (SSSR count). The Labute approximate surface area is 150 Å². The number of hydrogen-bond donors (Lipinski definition) is 2. The lowest BCUT2D eigenvalue weighted by atomic mass is 10.0. The van der Waals surface area contributed by atoms with Crippen molar-refractivity contribution >= 4 is 11.7 Å². The van der Waals surface area contributed by atoms with E-state index in [0.29, 0.717) is 5.92 Å². The molecule has 1 atom stereocenters. The summed E-state index contributed by atoms with van der Waals surface area (Å²) in [6, 6.07) is 20.9. The van der Waals surface area contributed by atoms with E-state index in [0.717, 1.165) is 44.3 Å². The smallest absolute Gasteiger partial charge is 0.104 e. The third-order valence-electron chi connectivity index (χ3n) is 4.37. The van der Waals surface area contributed by atoms with Crippen LogP contribution in [0.1, 0.15) is 24.0 Å². The monoisotopic (exact) mass is 334 g/mol. The Morgan fingerprint density at radius 1 is 0.840 bits per heavy atom. The first-order valence-electron chi connectivity index (χ1n) is 8.97. The maximum Gasteiger partial charge on any atom is 0.104 e. The van der Waals surface area contributed by atoms with Crippen LogP contribution in [0.2, 0.25) is 0 Å². The minimum absolute atomic E-state index is 0.406. The minimum Gasteiger partial charge on any atom is -0.372 e. The Balaban J connectivity index is 0.000000146. The van der Waals surface area contributed by atoms with Gasteiger partial charge in [0.25, 0.3) is 0 Å². The summed E-state index contributed by atoms with van der Waals surface area (Å²) in [4.78, 5) is 8.75. The van der Waals surface area contributed by atoms with Gasteiger partial charge in [-0.05, 0) is 11.1 Å². The van der Waals surface area contributed by atoms with E-state index in [9.17, 15) is 0 Å². The summed E-state index contributed by atoms with van der Waals surface area (Å²) < 4.78 is 0. The lowest BCUT2D eigenvalue weighted by Gasteiger charge is -2.11. The average molecular weight is 334 g/mol. The minimum atomic E-state index is 0.406. The predicted molar refractivity (Wildman–Crippen MR) is 106 cm³/mol. The van der Waals surface area contributed by atoms with E-state index in [1.807, 2.05) is 12.1 Å². The van der Waals surface area contributed by atoms with E-state index >= 15 is 0 Å². The van der Waals surface area contributed by atoms with Gasteiger partial charge in [-0.3, -0.25) is 9.98 Å². The second-order valence-electron chi connectivity index (χ2n) is 6.24. The molecule has 2 aliphatic heterocycles. The maximum atomic E-state index is 4.42. The average Bonchev–Trinajstić information content (AvgIpc) is 3.37. The van der Waals surface area contributed by atoms with Crippen LogP contribution in [0.5, 0.6) is 0 Å². The number of amidine groups is 2. The number of nitrogens with one attached hydrogen (secondary N) is 2. The van der Waals surface area contributed by atoms with Crippen molar-refractivity contribution in [2.45, 2.75) is 19.3 Å². The van der Waals surface area contributed by atoms with Crippen molar-refractivity contribution in [1.82, 2.24) is 10.6 Å². The first kappa shape index (κ1) is 17.2. The molecule has 0 bridgehead atoms. The van der Waals surface area contributed by atoms with Gasteiger partial charge in [0.15, 0.2) is 0 Å². The molecule has 0 fully saturated rings. The van der Waals surface area contributed by atoms with Crippen molar-refractivity contribution in [3.63, 3.8) is 0 Å². The second kappa shape index (κ2) is 9.02. The SMILES string of the molecule is CC(C1=NCCN1)c1ccccc1.c1ccc(CC2=NCCN2)cc1. The number of nitrogens with zero attached hydrogens (tertiary/aromatic N) is 2. The molecule has 0 saturated heterocycles. The first-order valence-corrected chi connectivity index (χ1v) is 8.97. The maximum absolute atomic E-state index is 4.42. The molecule has 4 heteroatoms. The van der Waals surface area contributed by atoms with Gasteiger partial charge < -0.3 is 10.6 Å². The van der Waals surface area contributed by atoms with Gasteiger partial charge in [0.05, 0.1) is 13.1 Å². The van der Waals surface area contributed by atoms with Crippen molar-refractivity contribution in [3.05, 3.63) is 71.8 Å². The number of benzene rings is 2. The third kappa shape index (κ3) is 5.18. The van der Waals surface area contributed by atoms with E-state index < -0.39 is 0 Å². The molecule has 0 aromatic heterocycles. The van der Waals surface area contributed by atoms with Gasteiger partial charge in [-0.15, -0.1) is 0 Å². The van der Waals surface area contributed by atoms with Gasteiger partial charge in [-0.25, -0.2) is 0 Å². The molecule has 2 aromatic rings. The summed E-state index contributed by atoms with van der Waals surface area (Å²) in [5.74, 6) is 2.66. The van der Waals surface area contributed by atoms with E-state index in [4.69, 9.17) is 0 Å². The summed E-state index contributed by atoms with van der Waals surface area (Å²) in [6.07, 6.45) is 0.945. The fraction of sp³-hybridized carbons (Fsp3) is 0.333. The Morgan fingerprint density at radius 2 is 1.48 bits per heavy atom. The highest BCUT2D eigenvalue weighted by Crippen LogP contribution is 2.16. The molecular weight excluding hydrogens is 308 g/mol. The third-order valence-corrected chi connectivity index (χ3v) is 4.37. The highest BCUT2D eigenvalue weighted by atomic mass is 15.1. The van der Waals surface area contributed by atoms with Crippen molar-refractivity contribution in [3.8, 4) is 0 Å². The zero-order valence-electron chi connectivity index (χ0n) is 14.8. The number of rotatable bonds is 4. The molecule has 130 valence electrons. The topological polar surface area (TPSA) is 48.8 Å². The van der Waals surface area contributed by atoms with Gasteiger partial charge in [0, 0.05) is 25.4 Å². The molecule has 0 radical (unpaired) electrons. The Morgan fingerprint density at radius 3 is 2.08 bits per heavy atom. The molecule has 25 heavy (non-hydrogen) atoms. The molecule has 0 amide bonds. The molecule has 2 aromatic carbocycles.